The van der Waals surface area contributed by atoms with Crippen LogP contribution in [0, 0.1) is 0 Å². The van der Waals surface area contributed by atoms with E-state index in [1.807, 2.05) is 0 Å². The summed E-state index contributed by atoms with van der Waals surface area (Å²) < 4.78 is 5.49. The Hall–Kier alpha value is -1.92. The molecule has 0 saturated carbocycles. The van der Waals surface area contributed by atoms with Crippen molar-refractivity contribution >= 4 is 11.9 Å². The Balaban J connectivity index is 3.37. The molecule has 0 aliphatic heterocycles. The van der Waals surface area contributed by atoms with Crippen molar-refractivity contribution in [1.29, 1.82) is 0 Å². The molecule has 0 fully saturated rings. The fourth-order valence-corrected chi connectivity index (χ4v) is 12.6. The van der Waals surface area contributed by atoms with Gasteiger partial charge in [-0.3, -0.25) is 9.59 Å². The van der Waals surface area contributed by atoms with E-state index in [-0.39, 0.29) is 18.5 Å². The van der Waals surface area contributed by atoms with Gasteiger partial charge in [0.15, 0.2) is 0 Å². The standard InChI is InChI=1S/C81H155NO5/c1-3-5-7-9-11-13-15-17-19-20-21-37-40-43-46-49-53-57-61-65-69-73-79(84)78(77-83)82-80(85)74-70-66-62-58-54-50-47-44-41-38-35-33-31-29-27-25-23-22-24-26-28-30-32-34-36-39-42-45-48-52-56-60-64-68-72-76-87-81(86)75-71-67-63-59-55-51-18-16-14-12-10-8-6-4-2/h16,18,24,26,30,32,78-79,83-84H,3-15,17,19-23,25,27-29,31,33-77H2,1-2H3,(H,82,85)/b18-16-,26-24-,32-30-. The zero-order valence-electron chi connectivity index (χ0n) is 59.0. The van der Waals surface area contributed by atoms with Crippen molar-refractivity contribution in [1.82, 2.24) is 5.32 Å². The minimum atomic E-state index is -0.664. The van der Waals surface area contributed by atoms with E-state index in [1.165, 1.54) is 360 Å². The molecule has 0 radical (unpaired) electrons. The molecule has 514 valence electrons. The summed E-state index contributed by atoms with van der Waals surface area (Å²) in [4.78, 5) is 24.6. The molecule has 0 heterocycles. The molecule has 0 bridgehead atoms. The van der Waals surface area contributed by atoms with Gasteiger partial charge in [-0.2, -0.15) is 0 Å². The van der Waals surface area contributed by atoms with E-state index in [1.54, 1.807) is 0 Å². The molecule has 87 heavy (non-hydrogen) atoms. The minimum Gasteiger partial charge on any atom is -0.466 e. The number of rotatable bonds is 75. The molecular weight excluding hydrogens is 1070 g/mol. The van der Waals surface area contributed by atoms with E-state index in [2.05, 4.69) is 55.6 Å². The van der Waals surface area contributed by atoms with Crippen LogP contribution in [-0.4, -0.2) is 47.4 Å². The number of esters is 1. The van der Waals surface area contributed by atoms with E-state index >= 15 is 0 Å². The van der Waals surface area contributed by atoms with Crippen LogP contribution in [0.4, 0.5) is 0 Å². The molecule has 1 amide bonds. The topological polar surface area (TPSA) is 95.9 Å². The van der Waals surface area contributed by atoms with Crippen molar-refractivity contribution in [2.45, 2.75) is 456 Å². The molecule has 0 aliphatic rings. The summed E-state index contributed by atoms with van der Waals surface area (Å²) in [5.74, 6) is -0.0188. The molecular formula is C81H155NO5. The molecule has 0 aliphatic carbocycles. The van der Waals surface area contributed by atoms with E-state index in [0.717, 1.165) is 51.4 Å². The second-order valence-electron chi connectivity index (χ2n) is 27.4. The van der Waals surface area contributed by atoms with Gasteiger partial charge in [-0.1, -0.05) is 384 Å². The Labute approximate surface area is 544 Å². The number of ether oxygens (including phenoxy) is 1. The van der Waals surface area contributed by atoms with E-state index in [0.29, 0.717) is 25.9 Å². The van der Waals surface area contributed by atoms with Gasteiger partial charge >= 0.3 is 5.97 Å². The number of hydrogen-bond donors (Lipinski definition) is 3. The summed E-state index contributed by atoms with van der Waals surface area (Å²) in [6.45, 7) is 4.98. The maximum Gasteiger partial charge on any atom is 0.305 e. The van der Waals surface area contributed by atoms with Gasteiger partial charge in [0, 0.05) is 12.8 Å². The van der Waals surface area contributed by atoms with Gasteiger partial charge < -0.3 is 20.3 Å². The average Bonchev–Trinajstić information content (AvgIpc) is 3.52. The number of unbranched alkanes of at least 4 members (excludes halogenated alkanes) is 58. The van der Waals surface area contributed by atoms with Crippen LogP contribution in [0.25, 0.3) is 0 Å². The van der Waals surface area contributed by atoms with E-state index in [4.69, 9.17) is 4.74 Å². The minimum absolute atomic E-state index is 0.00887. The molecule has 6 heteroatoms. The smallest absolute Gasteiger partial charge is 0.305 e. The molecule has 0 aromatic carbocycles. The number of allylic oxidation sites excluding steroid dienone is 6. The van der Waals surface area contributed by atoms with Crippen molar-refractivity contribution in [3.63, 3.8) is 0 Å². The lowest BCUT2D eigenvalue weighted by atomic mass is 10.0. The molecule has 0 aromatic heterocycles. The lowest BCUT2D eigenvalue weighted by molar-refractivity contribution is -0.143. The third-order valence-electron chi connectivity index (χ3n) is 18.7. The van der Waals surface area contributed by atoms with Crippen molar-refractivity contribution in [2.75, 3.05) is 13.2 Å². The predicted molar refractivity (Wildman–Crippen MR) is 384 cm³/mol. The van der Waals surface area contributed by atoms with Crippen LogP contribution in [0.15, 0.2) is 36.5 Å². The van der Waals surface area contributed by atoms with Gasteiger partial charge in [-0.25, -0.2) is 0 Å². The monoisotopic (exact) mass is 1220 g/mol. The highest BCUT2D eigenvalue weighted by Crippen LogP contribution is 2.20. The number of aliphatic hydroxyl groups excluding tert-OH is 2. The normalized spacial score (nSPS) is 12.6. The number of aliphatic hydroxyl groups is 2. The highest BCUT2D eigenvalue weighted by molar-refractivity contribution is 5.76. The van der Waals surface area contributed by atoms with Crippen molar-refractivity contribution in [3.05, 3.63) is 36.5 Å². The predicted octanol–water partition coefficient (Wildman–Crippen LogP) is 26.2. The number of hydrogen-bond acceptors (Lipinski definition) is 5. The number of nitrogens with one attached hydrogen (secondary N) is 1. The van der Waals surface area contributed by atoms with Crippen LogP contribution >= 0.6 is 0 Å². The summed E-state index contributed by atoms with van der Waals surface area (Å²) in [5, 5.41) is 23.5. The summed E-state index contributed by atoms with van der Waals surface area (Å²) in [6, 6.07) is -0.541. The van der Waals surface area contributed by atoms with E-state index < -0.39 is 12.1 Å². The summed E-state index contributed by atoms with van der Waals surface area (Å²) in [6.07, 6.45) is 99.5. The Kier molecular flexibility index (Phi) is 74.8. The van der Waals surface area contributed by atoms with Gasteiger partial charge in [0.1, 0.15) is 0 Å². The first-order chi connectivity index (χ1) is 43.0. The van der Waals surface area contributed by atoms with Gasteiger partial charge in [0.2, 0.25) is 5.91 Å². The van der Waals surface area contributed by atoms with Gasteiger partial charge in [0.25, 0.3) is 0 Å². The summed E-state index contributed by atoms with van der Waals surface area (Å²) in [5.41, 5.74) is 0. The van der Waals surface area contributed by atoms with Crippen molar-refractivity contribution in [2.24, 2.45) is 0 Å². The van der Waals surface area contributed by atoms with Crippen LogP contribution in [0.1, 0.15) is 444 Å². The van der Waals surface area contributed by atoms with Crippen LogP contribution in [0.5, 0.6) is 0 Å². The zero-order valence-corrected chi connectivity index (χ0v) is 59.0. The van der Waals surface area contributed by atoms with Crippen LogP contribution in [0.2, 0.25) is 0 Å². The average molecular weight is 1220 g/mol. The molecule has 0 spiro atoms. The third kappa shape index (κ3) is 73.0. The molecule has 2 atom stereocenters. The van der Waals surface area contributed by atoms with Crippen LogP contribution in [0.3, 0.4) is 0 Å². The molecule has 0 aromatic rings. The maximum atomic E-state index is 12.6. The van der Waals surface area contributed by atoms with Gasteiger partial charge in [-0.05, 0) is 83.5 Å². The lowest BCUT2D eigenvalue weighted by Crippen LogP contribution is -2.45. The molecule has 3 N–H and O–H groups in total. The van der Waals surface area contributed by atoms with Crippen molar-refractivity contribution < 1.29 is 24.5 Å². The van der Waals surface area contributed by atoms with Crippen LogP contribution < -0.4 is 5.32 Å². The fraction of sp³-hybridized carbons (Fsp3) is 0.901. The first-order valence-electron chi connectivity index (χ1n) is 39.7. The Morgan fingerprint density at radius 3 is 0.885 bits per heavy atom. The third-order valence-corrected chi connectivity index (χ3v) is 18.7. The Morgan fingerprint density at radius 1 is 0.322 bits per heavy atom. The first kappa shape index (κ1) is 85.1. The zero-order chi connectivity index (χ0) is 62.8. The summed E-state index contributed by atoms with van der Waals surface area (Å²) in [7, 11) is 0. The van der Waals surface area contributed by atoms with E-state index in [9.17, 15) is 19.8 Å². The first-order valence-corrected chi connectivity index (χ1v) is 39.7. The Morgan fingerprint density at radius 2 is 0.575 bits per heavy atom. The van der Waals surface area contributed by atoms with Gasteiger partial charge in [0.05, 0.1) is 25.4 Å². The fourth-order valence-electron chi connectivity index (χ4n) is 12.6. The maximum absolute atomic E-state index is 12.6. The largest absolute Gasteiger partial charge is 0.466 e. The Bertz CT molecular complexity index is 1410. The highest BCUT2D eigenvalue weighted by atomic mass is 16.5. The number of amides is 1. The van der Waals surface area contributed by atoms with Gasteiger partial charge in [-0.15, -0.1) is 0 Å². The quantitative estimate of drug-likeness (QED) is 0.0320. The lowest BCUT2D eigenvalue weighted by Gasteiger charge is -2.22. The van der Waals surface area contributed by atoms with Crippen LogP contribution in [-0.2, 0) is 14.3 Å². The highest BCUT2D eigenvalue weighted by Gasteiger charge is 2.20. The molecule has 2 unspecified atom stereocenters. The molecule has 0 saturated heterocycles. The number of carbonyl (C=O) groups excluding carboxylic acids is 2. The SMILES string of the molecule is CCCCCCC/C=C\CCCCCCCC(=O)OCCCCCCCCCCCCC/C=C\C/C=C\CCCCCCCCCCCCCCCCCCCC(=O)NC(CO)C(O)CCCCCCCCCCCCCCCCCCCCCCC. The summed E-state index contributed by atoms with van der Waals surface area (Å²) >= 11 is 0. The second-order valence-corrected chi connectivity index (χ2v) is 27.4. The number of carbonyl (C=O) groups is 2. The second kappa shape index (κ2) is 76.5. The molecule has 0 rings (SSSR count). The van der Waals surface area contributed by atoms with Crippen molar-refractivity contribution in [3.8, 4) is 0 Å². The molecule has 6 nitrogen and oxygen atoms in total.